The number of aryl methyl sites for hydroxylation is 1. The fourth-order valence-corrected chi connectivity index (χ4v) is 2.93. The number of carboxylic acid groups (broad SMARTS) is 1. The van der Waals surface area contributed by atoms with Gasteiger partial charge in [0.2, 0.25) is 0 Å². The van der Waals surface area contributed by atoms with E-state index in [2.05, 4.69) is 17.0 Å². The summed E-state index contributed by atoms with van der Waals surface area (Å²) in [7, 11) is 1.80. The lowest BCUT2D eigenvalue weighted by Crippen LogP contribution is -2.02. The number of carboxylic acids is 1. The summed E-state index contributed by atoms with van der Waals surface area (Å²) in [6, 6.07) is 0. The highest BCUT2D eigenvalue weighted by Gasteiger charge is 2.16. The quantitative estimate of drug-likeness (QED) is 0.664. The molecule has 0 aromatic carbocycles. The number of pyridine rings is 1. The molecule has 96 valence electrons. The Morgan fingerprint density at radius 1 is 1.50 bits per heavy atom. The van der Waals surface area contributed by atoms with Gasteiger partial charge in [0.05, 0.1) is 17.1 Å². The summed E-state index contributed by atoms with van der Waals surface area (Å²) in [5.41, 5.74) is 0.982. The number of aromatic carboxylic acids is 1. The Morgan fingerprint density at radius 3 is 2.94 bits per heavy atom. The molecule has 0 amide bonds. The molecule has 1 N–H and O–H groups in total. The number of nitrogens with zero attached hydrogens (tertiary/aromatic N) is 3. The number of thioether (sulfide) groups is 1. The van der Waals surface area contributed by atoms with Crippen LogP contribution >= 0.6 is 11.8 Å². The molecule has 0 spiro atoms. The summed E-state index contributed by atoms with van der Waals surface area (Å²) in [6.07, 6.45) is 5.26. The van der Waals surface area contributed by atoms with Crippen LogP contribution in [0.2, 0.25) is 0 Å². The molecule has 0 aliphatic rings. The molecule has 0 saturated carbocycles. The number of aromatic nitrogens is 3. The average molecular weight is 265 g/mol. The van der Waals surface area contributed by atoms with Crippen LogP contribution in [0.15, 0.2) is 17.3 Å². The van der Waals surface area contributed by atoms with Gasteiger partial charge in [0, 0.05) is 18.1 Å². The van der Waals surface area contributed by atoms with Gasteiger partial charge >= 0.3 is 5.97 Å². The van der Waals surface area contributed by atoms with E-state index in [1.165, 1.54) is 6.20 Å². The van der Waals surface area contributed by atoms with Crippen LogP contribution in [0.1, 0.15) is 30.1 Å². The van der Waals surface area contributed by atoms with E-state index in [-0.39, 0.29) is 5.56 Å². The van der Waals surface area contributed by atoms with Gasteiger partial charge in [0.25, 0.3) is 0 Å². The van der Waals surface area contributed by atoms with Crippen molar-refractivity contribution >= 4 is 28.8 Å². The Morgan fingerprint density at radius 2 is 2.28 bits per heavy atom. The number of fused-ring (bicyclic) bond motifs is 1. The van der Waals surface area contributed by atoms with Crippen LogP contribution in [-0.2, 0) is 7.05 Å². The Bertz CT molecular complexity index is 580. The molecule has 2 aromatic rings. The first-order chi connectivity index (χ1) is 8.65. The monoisotopic (exact) mass is 265 g/mol. The van der Waals surface area contributed by atoms with E-state index in [1.54, 1.807) is 29.7 Å². The molecule has 18 heavy (non-hydrogen) atoms. The molecule has 2 aromatic heterocycles. The molecule has 0 aliphatic carbocycles. The van der Waals surface area contributed by atoms with E-state index in [0.717, 1.165) is 34.5 Å². The fraction of sp³-hybridized carbons (Fsp3) is 0.417. The number of rotatable bonds is 5. The largest absolute Gasteiger partial charge is 0.478 e. The highest BCUT2D eigenvalue weighted by molar-refractivity contribution is 7.99. The van der Waals surface area contributed by atoms with Crippen LogP contribution in [0.25, 0.3) is 11.0 Å². The summed E-state index contributed by atoms with van der Waals surface area (Å²) in [6.45, 7) is 2.12. The molecule has 0 aliphatic heterocycles. The minimum Gasteiger partial charge on any atom is -0.478 e. The third-order valence-corrected chi connectivity index (χ3v) is 3.91. The second-order valence-corrected chi connectivity index (χ2v) is 5.12. The summed E-state index contributed by atoms with van der Waals surface area (Å²) >= 11 is 1.57. The van der Waals surface area contributed by atoms with Crippen LogP contribution in [0.3, 0.4) is 0 Å². The van der Waals surface area contributed by atoms with Gasteiger partial charge in [0.15, 0.2) is 5.65 Å². The number of unbranched alkanes of at least 4 members (excludes halogenated alkanes) is 1. The van der Waals surface area contributed by atoms with Gasteiger partial charge in [0.1, 0.15) is 0 Å². The Balaban J connectivity index is 2.48. The molecule has 0 atom stereocenters. The third-order valence-electron chi connectivity index (χ3n) is 2.69. The van der Waals surface area contributed by atoms with Gasteiger partial charge in [-0.1, -0.05) is 13.3 Å². The van der Waals surface area contributed by atoms with Crippen molar-refractivity contribution < 1.29 is 9.90 Å². The van der Waals surface area contributed by atoms with Crippen molar-refractivity contribution in [3.63, 3.8) is 0 Å². The van der Waals surface area contributed by atoms with E-state index in [0.29, 0.717) is 0 Å². The fourth-order valence-electron chi connectivity index (χ4n) is 1.70. The molecule has 0 radical (unpaired) electrons. The van der Waals surface area contributed by atoms with Crippen molar-refractivity contribution in [2.45, 2.75) is 24.7 Å². The summed E-state index contributed by atoms with van der Waals surface area (Å²) in [5.74, 6) is -0.0302. The lowest BCUT2D eigenvalue weighted by molar-refractivity contribution is 0.0693. The molecule has 2 heterocycles. The summed E-state index contributed by atoms with van der Waals surface area (Å²) in [4.78, 5) is 16.2. The van der Waals surface area contributed by atoms with Crippen LogP contribution in [0.5, 0.6) is 0 Å². The number of hydrogen-bond acceptors (Lipinski definition) is 4. The minimum absolute atomic E-state index is 0.261. The van der Waals surface area contributed by atoms with E-state index >= 15 is 0 Å². The van der Waals surface area contributed by atoms with Crippen LogP contribution < -0.4 is 0 Å². The highest BCUT2D eigenvalue weighted by atomic mass is 32.2. The molecular formula is C12H15N3O2S. The van der Waals surface area contributed by atoms with Gasteiger partial charge in [-0.2, -0.15) is 5.10 Å². The lowest BCUT2D eigenvalue weighted by Gasteiger charge is -2.06. The SMILES string of the molecule is CCCCSc1c(C(=O)O)cnc2c1cnn2C. The molecule has 0 fully saturated rings. The normalized spacial score (nSPS) is 11.0. The topological polar surface area (TPSA) is 68.0 Å². The van der Waals surface area contributed by atoms with Crippen LogP contribution in [-0.4, -0.2) is 31.6 Å². The van der Waals surface area contributed by atoms with E-state index in [9.17, 15) is 9.90 Å². The summed E-state index contributed by atoms with van der Waals surface area (Å²) < 4.78 is 1.66. The number of carbonyl (C=O) groups is 1. The van der Waals surface area contributed by atoms with E-state index < -0.39 is 5.97 Å². The van der Waals surface area contributed by atoms with E-state index in [1.807, 2.05) is 0 Å². The predicted octanol–water partition coefficient (Wildman–Crippen LogP) is 2.56. The third kappa shape index (κ3) is 2.33. The maximum absolute atomic E-state index is 11.2. The Labute approximate surface area is 109 Å². The zero-order valence-electron chi connectivity index (χ0n) is 10.4. The second kappa shape index (κ2) is 5.39. The molecule has 2 rings (SSSR count). The van der Waals surface area contributed by atoms with E-state index in [4.69, 9.17) is 0 Å². The average Bonchev–Trinajstić information content (AvgIpc) is 2.72. The summed E-state index contributed by atoms with van der Waals surface area (Å²) in [5, 5.41) is 14.2. The maximum atomic E-state index is 11.2. The Kier molecular flexibility index (Phi) is 3.86. The molecule has 6 heteroatoms. The second-order valence-electron chi connectivity index (χ2n) is 4.01. The van der Waals surface area contributed by atoms with Crippen LogP contribution in [0, 0.1) is 0 Å². The molecule has 5 nitrogen and oxygen atoms in total. The number of hydrogen-bond donors (Lipinski definition) is 1. The maximum Gasteiger partial charge on any atom is 0.338 e. The predicted molar refractivity (Wildman–Crippen MR) is 71.1 cm³/mol. The molecule has 0 bridgehead atoms. The zero-order chi connectivity index (χ0) is 13.1. The van der Waals surface area contributed by atoms with Gasteiger partial charge in [-0.3, -0.25) is 4.68 Å². The standard InChI is InChI=1S/C12H15N3O2S/c1-3-4-5-18-10-8-7-14-15(2)11(8)13-6-9(10)12(16)17/h6-7H,3-5H2,1-2H3,(H,16,17). The first-order valence-electron chi connectivity index (χ1n) is 5.82. The van der Waals surface area contributed by atoms with Gasteiger partial charge in [-0.05, 0) is 12.2 Å². The molecule has 0 unspecified atom stereocenters. The molecule has 0 saturated heterocycles. The van der Waals surface area contributed by atoms with Crippen molar-refractivity contribution in [3.05, 3.63) is 18.0 Å². The van der Waals surface area contributed by atoms with Crippen molar-refractivity contribution in [1.29, 1.82) is 0 Å². The van der Waals surface area contributed by atoms with Crippen molar-refractivity contribution in [2.75, 3.05) is 5.75 Å². The Hall–Kier alpha value is -1.56. The smallest absolute Gasteiger partial charge is 0.338 e. The van der Waals surface area contributed by atoms with Gasteiger partial charge < -0.3 is 5.11 Å². The first kappa shape index (κ1) is 12.9. The highest BCUT2D eigenvalue weighted by Crippen LogP contribution is 2.30. The van der Waals surface area contributed by atoms with Crippen molar-refractivity contribution in [1.82, 2.24) is 14.8 Å². The molecular weight excluding hydrogens is 250 g/mol. The first-order valence-corrected chi connectivity index (χ1v) is 6.80. The van der Waals surface area contributed by atoms with Gasteiger partial charge in [-0.15, -0.1) is 11.8 Å². The lowest BCUT2D eigenvalue weighted by atomic mass is 10.2. The van der Waals surface area contributed by atoms with Crippen LogP contribution in [0.4, 0.5) is 0 Å². The zero-order valence-corrected chi connectivity index (χ0v) is 11.2. The van der Waals surface area contributed by atoms with Crippen molar-refractivity contribution in [2.24, 2.45) is 7.05 Å². The van der Waals surface area contributed by atoms with Crippen molar-refractivity contribution in [3.8, 4) is 0 Å². The van der Waals surface area contributed by atoms with Gasteiger partial charge in [-0.25, -0.2) is 9.78 Å². The minimum atomic E-state index is -0.938.